The quantitative estimate of drug-likeness (QED) is 0.940. The van der Waals surface area contributed by atoms with Gasteiger partial charge in [-0.3, -0.25) is 4.68 Å². The van der Waals surface area contributed by atoms with Crippen LogP contribution in [0, 0.1) is 0 Å². The van der Waals surface area contributed by atoms with Crippen molar-refractivity contribution >= 4 is 15.9 Å². The number of ether oxygens (including phenoxy) is 1. The van der Waals surface area contributed by atoms with Crippen LogP contribution in [0.5, 0.6) is 5.75 Å². The van der Waals surface area contributed by atoms with E-state index in [9.17, 15) is 0 Å². The summed E-state index contributed by atoms with van der Waals surface area (Å²) in [6.45, 7) is 2.31. The van der Waals surface area contributed by atoms with Gasteiger partial charge in [-0.25, -0.2) is 0 Å². The molecule has 0 spiro atoms. The molecular weight excluding hydrogens is 296 g/mol. The van der Waals surface area contributed by atoms with E-state index in [0.717, 1.165) is 21.5 Å². The van der Waals surface area contributed by atoms with E-state index in [-0.39, 0.29) is 6.04 Å². The number of aryl methyl sites for hydroxylation is 1. The van der Waals surface area contributed by atoms with Gasteiger partial charge in [0.25, 0.3) is 0 Å². The van der Waals surface area contributed by atoms with Gasteiger partial charge in [-0.15, -0.1) is 5.10 Å². The van der Waals surface area contributed by atoms with Gasteiger partial charge in [0.2, 0.25) is 0 Å². The fourth-order valence-corrected chi connectivity index (χ4v) is 2.00. The van der Waals surface area contributed by atoms with Crippen molar-refractivity contribution in [2.45, 2.75) is 19.6 Å². The maximum atomic E-state index is 5.92. The third-order valence-corrected chi connectivity index (χ3v) is 2.98. The molecule has 0 saturated heterocycles. The van der Waals surface area contributed by atoms with E-state index in [4.69, 9.17) is 10.5 Å². The maximum Gasteiger partial charge on any atom is 0.134 e. The van der Waals surface area contributed by atoms with Gasteiger partial charge in [-0.2, -0.15) is 0 Å². The van der Waals surface area contributed by atoms with Crippen LogP contribution in [0.1, 0.15) is 24.2 Å². The third-order valence-electron chi connectivity index (χ3n) is 2.49. The molecule has 18 heavy (non-hydrogen) atoms. The van der Waals surface area contributed by atoms with Gasteiger partial charge in [0, 0.05) is 23.1 Å². The Morgan fingerprint density at radius 3 is 2.89 bits per heavy atom. The summed E-state index contributed by atoms with van der Waals surface area (Å²) in [6, 6.07) is 5.72. The van der Waals surface area contributed by atoms with Crippen LogP contribution in [0.25, 0.3) is 0 Å². The Labute approximate surface area is 114 Å². The predicted octanol–water partition coefficient (Wildman–Crippen LogP) is 2.18. The molecule has 0 bridgehead atoms. The number of halogens is 1. The standard InChI is InChI=1S/C12H15BrN4O/c1-8(14)11-5-9(13)3-4-12(11)18-7-10-6-17(2)16-15-10/h3-6,8H,7,14H2,1-2H3/t8-/m0/s1. The monoisotopic (exact) mass is 310 g/mol. The zero-order valence-electron chi connectivity index (χ0n) is 10.3. The van der Waals surface area contributed by atoms with E-state index >= 15 is 0 Å². The molecule has 1 aromatic heterocycles. The second kappa shape index (κ2) is 5.49. The van der Waals surface area contributed by atoms with Crippen LogP contribution in [0.2, 0.25) is 0 Å². The minimum atomic E-state index is -0.0839. The lowest BCUT2D eigenvalue weighted by atomic mass is 10.1. The molecule has 2 aromatic rings. The minimum absolute atomic E-state index is 0.0839. The Balaban J connectivity index is 2.13. The number of nitrogens with two attached hydrogens (primary N) is 1. The highest BCUT2D eigenvalue weighted by Gasteiger charge is 2.09. The van der Waals surface area contributed by atoms with E-state index in [1.165, 1.54) is 0 Å². The number of rotatable bonds is 4. The molecule has 2 rings (SSSR count). The summed E-state index contributed by atoms with van der Waals surface area (Å²) in [5, 5.41) is 7.83. The molecule has 0 amide bonds. The van der Waals surface area contributed by atoms with Gasteiger partial charge in [0.1, 0.15) is 18.1 Å². The first-order valence-electron chi connectivity index (χ1n) is 5.59. The lowest BCUT2D eigenvalue weighted by Gasteiger charge is -2.13. The summed E-state index contributed by atoms with van der Waals surface area (Å²) in [7, 11) is 1.82. The zero-order valence-corrected chi connectivity index (χ0v) is 11.9. The van der Waals surface area contributed by atoms with Gasteiger partial charge >= 0.3 is 0 Å². The highest BCUT2D eigenvalue weighted by molar-refractivity contribution is 9.10. The molecule has 1 atom stereocenters. The Morgan fingerprint density at radius 2 is 2.28 bits per heavy atom. The maximum absolute atomic E-state index is 5.92. The molecule has 0 unspecified atom stereocenters. The van der Waals surface area contributed by atoms with Crippen molar-refractivity contribution in [1.29, 1.82) is 0 Å². The normalized spacial score (nSPS) is 12.4. The molecule has 6 heteroatoms. The minimum Gasteiger partial charge on any atom is -0.487 e. The summed E-state index contributed by atoms with van der Waals surface area (Å²) in [5.74, 6) is 0.777. The highest BCUT2D eigenvalue weighted by Crippen LogP contribution is 2.27. The van der Waals surface area contributed by atoms with E-state index in [2.05, 4.69) is 26.2 Å². The van der Waals surface area contributed by atoms with Gasteiger partial charge in [0.05, 0.1) is 6.20 Å². The Kier molecular flexibility index (Phi) is 3.98. The third kappa shape index (κ3) is 3.08. The molecule has 0 aliphatic rings. The second-order valence-electron chi connectivity index (χ2n) is 4.14. The number of nitrogens with zero attached hydrogens (tertiary/aromatic N) is 3. The van der Waals surface area contributed by atoms with Crippen molar-refractivity contribution in [3.8, 4) is 5.75 Å². The lowest BCUT2D eigenvalue weighted by Crippen LogP contribution is -2.08. The van der Waals surface area contributed by atoms with Crippen LogP contribution < -0.4 is 10.5 Å². The summed E-state index contributed by atoms with van der Waals surface area (Å²) < 4.78 is 8.37. The van der Waals surface area contributed by atoms with Crippen LogP contribution in [-0.2, 0) is 13.7 Å². The van der Waals surface area contributed by atoms with Crippen LogP contribution in [0.3, 0.4) is 0 Å². The van der Waals surface area contributed by atoms with Crippen molar-refractivity contribution in [3.63, 3.8) is 0 Å². The molecular formula is C12H15BrN4O. The molecule has 0 saturated carbocycles. The van der Waals surface area contributed by atoms with Crippen molar-refractivity contribution in [2.75, 3.05) is 0 Å². The van der Waals surface area contributed by atoms with Crippen LogP contribution in [0.4, 0.5) is 0 Å². The van der Waals surface area contributed by atoms with Crippen molar-refractivity contribution < 1.29 is 4.74 Å². The lowest BCUT2D eigenvalue weighted by molar-refractivity contribution is 0.296. The first-order chi connectivity index (χ1) is 8.56. The Morgan fingerprint density at radius 1 is 1.50 bits per heavy atom. The number of aromatic nitrogens is 3. The van der Waals surface area contributed by atoms with Gasteiger partial charge in [-0.1, -0.05) is 21.1 Å². The largest absolute Gasteiger partial charge is 0.487 e. The number of hydrogen-bond donors (Lipinski definition) is 1. The van der Waals surface area contributed by atoms with E-state index < -0.39 is 0 Å². The number of benzene rings is 1. The Hall–Kier alpha value is -1.40. The Bertz CT molecular complexity index is 539. The van der Waals surface area contributed by atoms with Gasteiger partial charge < -0.3 is 10.5 Å². The molecule has 5 nitrogen and oxygen atoms in total. The van der Waals surface area contributed by atoms with E-state index in [0.29, 0.717) is 6.61 Å². The first-order valence-corrected chi connectivity index (χ1v) is 6.38. The number of hydrogen-bond acceptors (Lipinski definition) is 4. The molecule has 1 aromatic carbocycles. The molecule has 0 aliphatic heterocycles. The predicted molar refractivity (Wildman–Crippen MR) is 72.1 cm³/mol. The van der Waals surface area contributed by atoms with Crippen molar-refractivity contribution in [2.24, 2.45) is 12.8 Å². The summed E-state index contributed by atoms with van der Waals surface area (Å²) in [4.78, 5) is 0. The van der Waals surface area contributed by atoms with Crippen LogP contribution in [0.15, 0.2) is 28.9 Å². The molecule has 0 fully saturated rings. The molecule has 0 aliphatic carbocycles. The average Bonchev–Trinajstić information content (AvgIpc) is 2.73. The zero-order chi connectivity index (χ0) is 13.1. The highest BCUT2D eigenvalue weighted by atomic mass is 79.9. The molecule has 0 radical (unpaired) electrons. The van der Waals surface area contributed by atoms with Gasteiger partial charge in [-0.05, 0) is 25.1 Å². The topological polar surface area (TPSA) is 66.0 Å². The summed E-state index contributed by atoms with van der Waals surface area (Å²) in [6.07, 6.45) is 1.82. The second-order valence-corrected chi connectivity index (χ2v) is 5.06. The summed E-state index contributed by atoms with van der Waals surface area (Å²) in [5.41, 5.74) is 7.68. The van der Waals surface area contributed by atoms with Crippen LogP contribution in [-0.4, -0.2) is 15.0 Å². The van der Waals surface area contributed by atoms with Crippen molar-refractivity contribution in [1.82, 2.24) is 15.0 Å². The smallest absolute Gasteiger partial charge is 0.134 e. The molecule has 1 heterocycles. The molecule has 96 valence electrons. The van der Waals surface area contributed by atoms with Gasteiger partial charge in [0.15, 0.2) is 0 Å². The van der Waals surface area contributed by atoms with Crippen molar-refractivity contribution in [3.05, 3.63) is 40.1 Å². The van der Waals surface area contributed by atoms with E-state index in [1.807, 2.05) is 38.4 Å². The summed E-state index contributed by atoms with van der Waals surface area (Å²) >= 11 is 3.43. The average molecular weight is 311 g/mol. The molecule has 2 N–H and O–H groups in total. The SMILES string of the molecule is C[C@H](N)c1cc(Br)ccc1OCc1cn(C)nn1. The first kappa shape index (κ1) is 13.0. The fraction of sp³-hybridized carbons (Fsp3) is 0.333. The van der Waals surface area contributed by atoms with Crippen LogP contribution >= 0.6 is 15.9 Å². The van der Waals surface area contributed by atoms with E-state index in [1.54, 1.807) is 4.68 Å². The fourth-order valence-electron chi connectivity index (χ4n) is 1.62.